The highest BCUT2D eigenvalue weighted by Crippen LogP contribution is 2.28. The van der Waals surface area contributed by atoms with Crippen LogP contribution in [0.25, 0.3) is 0 Å². The van der Waals surface area contributed by atoms with E-state index < -0.39 is 21.8 Å². The number of hydrogen-bond donors (Lipinski definition) is 2. The fourth-order valence-corrected chi connectivity index (χ4v) is 6.86. The lowest BCUT2D eigenvalue weighted by Gasteiger charge is -2.25. The van der Waals surface area contributed by atoms with Crippen molar-refractivity contribution in [1.29, 1.82) is 0 Å². The molecule has 0 saturated carbocycles. The molecular weight excluding hydrogens is 644 g/mol. The molecule has 0 saturated heterocycles. The molecule has 7 nitrogen and oxygen atoms in total. The third kappa shape index (κ3) is 9.33. The maximum Gasteiger partial charge on any atom is 0.255 e. The smallest absolute Gasteiger partial charge is 0.255 e. The van der Waals surface area contributed by atoms with Gasteiger partial charge in [-0.25, -0.2) is 8.42 Å². The monoisotopic (exact) mass is 682 g/mol. The Hall–Kier alpha value is -4.47. The van der Waals surface area contributed by atoms with E-state index in [0.29, 0.717) is 43.4 Å². The number of hydrogen-bond acceptors (Lipinski definition) is 6. The Morgan fingerprint density at radius 2 is 1.48 bits per heavy atom. The van der Waals surface area contributed by atoms with Crippen molar-refractivity contribution in [2.45, 2.75) is 42.4 Å². The Morgan fingerprint density at radius 1 is 0.812 bits per heavy atom. The molecule has 0 unspecified atom stereocenters. The minimum atomic E-state index is -3.92. The average Bonchev–Trinajstić information content (AvgIpc) is 3.10. The summed E-state index contributed by atoms with van der Waals surface area (Å²) in [6.07, 6.45) is -0.0797. The molecule has 5 rings (SSSR count). The van der Waals surface area contributed by atoms with Gasteiger partial charge in [-0.2, -0.15) is 0 Å². The molecule has 0 spiro atoms. The van der Waals surface area contributed by atoms with Crippen molar-refractivity contribution in [3.63, 3.8) is 0 Å². The number of halogens is 1. The Kier molecular flexibility index (Phi) is 12.0. The molecule has 248 valence electrons. The molecule has 0 aliphatic carbocycles. The van der Waals surface area contributed by atoms with E-state index in [-0.39, 0.29) is 22.0 Å². The summed E-state index contributed by atoms with van der Waals surface area (Å²) in [7, 11) is -3.92. The van der Waals surface area contributed by atoms with Gasteiger partial charge in [0.25, 0.3) is 5.91 Å². The lowest BCUT2D eigenvalue weighted by molar-refractivity contribution is 0.0951. The second-order valence-electron chi connectivity index (χ2n) is 11.5. The maximum absolute atomic E-state index is 13.7. The normalized spacial score (nSPS) is 12.1. The Balaban J connectivity index is 1.30. The van der Waals surface area contributed by atoms with Gasteiger partial charge in [0.15, 0.2) is 0 Å². The van der Waals surface area contributed by atoms with E-state index in [0.717, 1.165) is 22.3 Å². The van der Waals surface area contributed by atoms with Crippen molar-refractivity contribution < 1.29 is 23.1 Å². The van der Waals surface area contributed by atoms with Crippen molar-refractivity contribution in [3.05, 3.63) is 160 Å². The number of benzene rings is 5. The number of sulfone groups is 1. The summed E-state index contributed by atoms with van der Waals surface area (Å²) < 4.78 is 33.3. The molecule has 48 heavy (non-hydrogen) atoms. The molecule has 5 aromatic carbocycles. The predicted molar refractivity (Wildman–Crippen MR) is 189 cm³/mol. The zero-order chi connectivity index (χ0) is 33.9. The molecule has 0 fully saturated rings. The van der Waals surface area contributed by atoms with Crippen molar-refractivity contribution in [2.75, 3.05) is 19.6 Å². The minimum Gasteiger partial charge on any atom is -0.488 e. The molecule has 1 amide bonds. The largest absolute Gasteiger partial charge is 0.488 e. The first-order valence-corrected chi connectivity index (χ1v) is 17.7. The van der Waals surface area contributed by atoms with Gasteiger partial charge in [0.1, 0.15) is 12.4 Å². The van der Waals surface area contributed by atoms with Gasteiger partial charge in [-0.15, -0.1) is 0 Å². The van der Waals surface area contributed by atoms with Crippen LogP contribution < -0.4 is 10.1 Å². The molecule has 0 bridgehead atoms. The maximum atomic E-state index is 13.7. The topological polar surface area (TPSA) is 95.9 Å². The number of aliphatic hydroxyl groups is 1. The van der Waals surface area contributed by atoms with Crippen LogP contribution in [0.1, 0.15) is 45.6 Å². The fourth-order valence-electron chi connectivity index (χ4n) is 5.37. The van der Waals surface area contributed by atoms with Gasteiger partial charge in [0, 0.05) is 31.2 Å². The third-order valence-electron chi connectivity index (χ3n) is 7.94. The molecule has 2 N–H and O–H groups in total. The highest BCUT2D eigenvalue weighted by atomic mass is 35.5. The second-order valence-corrected chi connectivity index (χ2v) is 13.9. The van der Waals surface area contributed by atoms with Gasteiger partial charge in [0.2, 0.25) is 9.84 Å². The first-order chi connectivity index (χ1) is 23.2. The molecule has 9 heteroatoms. The van der Waals surface area contributed by atoms with Gasteiger partial charge in [-0.1, -0.05) is 96.5 Å². The van der Waals surface area contributed by atoms with Gasteiger partial charge in [-0.3, -0.25) is 9.69 Å². The number of nitrogens with zero attached hydrogens (tertiary/aromatic N) is 1. The first kappa shape index (κ1) is 34.9. The first-order valence-electron chi connectivity index (χ1n) is 15.9. The summed E-state index contributed by atoms with van der Waals surface area (Å²) >= 11 is 6.16. The molecule has 5 aromatic rings. The highest BCUT2D eigenvalue weighted by Gasteiger charge is 2.22. The van der Waals surface area contributed by atoms with Crippen LogP contribution in [-0.2, 0) is 29.4 Å². The van der Waals surface area contributed by atoms with Gasteiger partial charge >= 0.3 is 0 Å². The van der Waals surface area contributed by atoms with Crippen LogP contribution in [0.2, 0.25) is 5.02 Å². The second kappa shape index (κ2) is 16.6. The standard InChI is InChI=1S/C39H39ClN2O5S/c1-2-41-39(44)36-25-35(20-21-38(36)47-28-31-12-7-4-8-13-31)48(45,46)34-18-16-29(17-19-34)22-23-42(26-30-10-5-3-6-11-30)27-37(43)32-14-9-15-33(40)24-32/h3-21,24-25,37,43H,2,22-23,26-28H2,1H3,(H,41,44)/t37-/m1/s1. The molecule has 0 heterocycles. The predicted octanol–water partition coefficient (Wildman–Crippen LogP) is 7.28. The molecular formula is C39H39ClN2O5S. The van der Waals surface area contributed by atoms with Crippen molar-refractivity contribution >= 4 is 27.3 Å². The van der Waals surface area contributed by atoms with Crippen LogP contribution in [-0.4, -0.2) is 44.0 Å². The van der Waals surface area contributed by atoms with Crippen molar-refractivity contribution in [3.8, 4) is 5.75 Å². The Morgan fingerprint density at radius 3 is 2.15 bits per heavy atom. The van der Waals surface area contributed by atoms with Gasteiger partial charge < -0.3 is 15.2 Å². The van der Waals surface area contributed by atoms with Crippen LogP contribution in [0.5, 0.6) is 5.75 Å². The van der Waals surface area contributed by atoms with E-state index in [9.17, 15) is 18.3 Å². The van der Waals surface area contributed by atoms with Crippen LogP contribution in [0.3, 0.4) is 0 Å². The molecule has 0 aliphatic rings. The van der Waals surface area contributed by atoms with E-state index in [1.165, 1.54) is 18.2 Å². The molecule has 0 radical (unpaired) electrons. The quantitative estimate of drug-likeness (QED) is 0.121. The van der Waals surface area contributed by atoms with E-state index in [1.54, 1.807) is 31.2 Å². The van der Waals surface area contributed by atoms with Crippen LogP contribution in [0.15, 0.2) is 137 Å². The lowest BCUT2D eigenvalue weighted by atomic mass is 10.1. The third-order valence-corrected chi connectivity index (χ3v) is 9.95. The number of carbonyl (C=O) groups is 1. The lowest BCUT2D eigenvalue weighted by Crippen LogP contribution is -2.30. The molecule has 1 atom stereocenters. The number of carbonyl (C=O) groups excluding carboxylic acids is 1. The Bertz CT molecular complexity index is 1900. The van der Waals surface area contributed by atoms with E-state index in [1.807, 2.05) is 72.8 Å². The zero-order valence-electron chi connectivity index (χ0n) is 26.8. The summed E-state index contributed by atoms with van der Waals surface area (Å²) in [6, 6.07) is 38.0. The summed E-state index contributed by atoms with van der Waals surface area (Å²) in [4.78, 5) is 15.2. The average molecular weight is 683 g/mol. The summed E-state index contributed by atoms with van der Waals surface area (Å²) in [5.74, 6) is -0.104. The Labute approximate surface area is 287 Å². The van der Waals surface area contributed by atoms with Gasteiger partial charge in [0.05, 0.1) is 21.5 Å². The number of aliphatic hydroxyl groups excluding tert-OH is 1. The number of ether oxygens (including phenoxy) is 1. The summed E-state index contributed by atoms with van der Waals surface area (Å²) in [5.41, 5.74) is 3.92. The SMILES string of the molecule is CCNC(=O)c1cc(S(=O)(=O)c2ccc(CCN(Cc3ccccc3)C[C@@H](O)c3cccc(Cl)c3)cc2)ccc1OCc1ccccc1. The summed E-state index contributed by atoms with van der Waals surface area (Å²) in [6.45, 7) is 4.11. The number of amides is 1. The van der Waals surface area contributed by atoms with Gasteiger partial charge in [-0.05, 0) is 78.1 Å². The van der Waals surface area contributed by atoms with E-state index in [2.05, 4.69) is 22.3 Å². The van der Waals surface area contributed by atoms with Crippen LogP contribution in [0.4, 0.5) is 0 Å². The van der Waals surface area contributed by atoms with Crippen molar-refractivity contribution in [2.24, 2.45) is 0 Å². The van der Waals surface area contributed by atoms with E-state index >= 15 is 0 Å². The van der Waals surface area contributed by atoms with Crippen LogP contribution >= 0.6 is 11.6 Å². The number of nitrogens with one attached hydrogen (secondary N) is 1. The van der Waals surface area contributed by atoms with Crippen LogP contribution in [0, 0.1) is 0 Å². The molecule has 0 aliphatic heterocycles. The zero-order valence-corrected chi connectivity index (χ0v) is 28.3. The number of rotatable bonds is 15. The summed E-state index contributed by atoms with van der Waals surface area (Å²) in [5, 5.41) is 14.3. The highest BCUT2D eigenvalue weighted by molar-refractivity contribution is 7.91. The van der Waals surface area contributed by atoms with Crippen molar-refractivity contribution in [1.82, 2.24) is 10.2 Å². The minimum absolute atomic E-state index is 0.00704. The fraction of sp³-hybridized carbons (Fsp3) is 0.205. The molecule has 0 aromatic heterocycles. The van der Waals surface area contributed by atoms with E-state index in [4.69, 9.17) is 16.3 Å².